The molecular weight excluding hydrogens is 318 g/mol. The Balaban J connectivity index is 1.67. The van der Waals surface area contributed by atoms with Crippen molar-refractivity contribution in [1.82, 2.24) is 14.9 Å². The van der Waals surface area contributed by atoms with Gasteiger partial charge in [-0.1, -0.05) is 18.2 Å². The predicted octanol–water partition coefficient (Wildman–Crippen LogP) is 2.52. The number of aromatic nitrogens is 2. The van der Waals surface area contributed by atoms with Crippen LogP contribution in [-0.2, 0) is 4.74 Å². The first-order chi connectivity index (χ1) is 12.2. The van der Waals surface area contributed by atoms with Gasteiger partial charge in [-0.15, -0.1) is 0 Å². The molecule has 25 heavy (non-hydrogen) atoms. The van der Waals surface area contributed by atoms with E-state index in [4.69, 9.17) is 4.74 Å². The summed E-state index contributed by atoms with van der Waals surface area (Å²) in [6.07, 6.45) is 1.52. The minimum absolute atomic E-state index is 0.249. The number of hydrogen-bond acceptors (Lipinski definition) is 6. The molecule has 3 rings (SSSR count). The van der Waals surface area contributed by atoms with Crippen LogP contribution in [0.3, 0.4) is 0 Å². The highest BCUT2D eigenvalue weighted by molar-refractivity contribution is 5.68. The molecule has 7 nitrogen and oxygen atoms in total. The molecule has 1 aromatic carbocycles. The van der Waals surface area contributed by atoms with E-state index in [-0.39, 0.29) is 6.09 Å². The maximum absolute atomic E-state index is 11.8. The van der Waals surface area contributed by atoms with Crippen molar-refractivity contribution in [2.45, 2.75) is 6.92 Å². The number of carbonyl (C=O) groups excluding carboxylic acids is 1. The molecule has 0 N–H and O–H groups in total. The number of para-hydroxylation sites is 1. The number of anilines is 3. The molecule has 0 radical (unpaired) electrons. The average Bonchev–Trinajstić information content (AvgIpc) is 2.68. The topological polar surface area (TPSA) is 61.8 Å². The van der Waals surface area contributed by atoms with Crippen LogP contribution in [0.2, 0.25) is 0 Å². The van der Waals surface area contributed by atoms with Crippen molar-refractivity contribution < 1.29 is 9.53 Å². The highest BCUT2D eigenvalue weighted by Gasteiger charge is 2.23. The predicted molar refractivity (Wildman–Crippen MR) is 97.3 cm³/mol. The minimum atomic E-state index is -0.249. The molecule has 0 unspecified atom stereocenters. The summed E-state index contributed by atoms with van der Waals surface area (Å²) in [5.74, 6) is 1.52. The van der Waals surface area contributed by atoms with E-state index >= 15 is 0 Å². The zero-order valence-corrected chi connectivity index (χ0v) is 14.6. The van der Waals surface area contributed by atoms with Crippen LogP contribution in [0.25, 0.3) is 0 Å². The zero-order chi connectivity index (χ0) is 17.6. The molecule has 132 valence electrons. The highest BCUT2D eigenvalue weighted by atomic mass is 16.6. The van der Waals surface area contributed by atoms with Crippen molar-refractivity contribution in [2.75, 3.05) is 49.6 Å². The summed E-state index contributed by atoms with van der Waals surface area (Å²) in [6, 6.07) is 12.0. The summed E-state index contributed by atoms with van der Waals surface area (Å²) in [5.41, 5.74) is 1.07. The molecular formula is C18H23N5O2. The first kappa shape index (κ1) is 17.0. The highest BCUT2D eigenvalue weighted by Crippen LogP contribution is 2.22. The summed E-state index contributed by atoms with van der Waals surface area (Å²) in [7, 11) is 1.99. The van der Waals surface area contributed by atoms with Gasteiger partial charge in [0.05, 0.1) is 6.61 Å². The van der Waals surface area contributed by atoms with Gasteiger partial charge < -0.3 is 19.4 Å². The van der Waals surface area contributed by atoms with E-state index in [1.54, 1.807) is 11.1 Å². The Morgan fingerprint density at radius 2 is 1.88 bits per heavy atom. The van der Waals surface area contributed by atoms with E-state index < -0.39 is 0 Å². The van der Waals surface area contributed by atoms with Gasteiger partial charge in [-0.2, -0.15) is 4.98 Å². The number of ether oxygens (including phenoxy) is 1. The summed E-state index contributed by atoms with van der Waals surface area (Å²) < 4.78 is 5.05. The SMILES string of the molecule is CCOC(=O)N1CCN(c2nccc(N(C)c3ccccc3)n2)CC1. The van der Waals surface area contributed by atoms with Gasteiger partial charge in [0.1, 0.15) is 5.82 Å². The third-order valence-electron chi connectivity index (χ3n) is 4.20. The van der Waals surface area contributed by atoms with Gasteiger partial charge in [-0.3, -0.25) is 0 Å². The van der Waals surface area contributed by atoms with Crippen molar-refractivity contribution >= 4 is 23.5 Å². The smallest absolute Gasteiger partial charge is 0.409 e. The standard InChI is InChI=1S/C18H23N5O2/c1-3-25-18(24)23-13-11-22(12-14-23)17-19-10-9-16(20-17)21(2)15-7-5-4-6-8-15/h4-10H,3,11-14H2,1-2H3. The number of amides is 1. The van der Waals surface area contributed by atoms with Gasteiger partial charge in [0.2, 0.25) is 5.95 Å². The fourth-order valence-corrected chi connectivity index (χ4v) is 2.77. The largest absolute Gasteiger partial charge is 0.450 e. The zero-order valence-electron chi connectivity index (χ0n) is 14.6. The fourth-order valence-electron chi connectivity index (χ4n) is 2.77. The van der Waals surface area contributed by atoms with E-state index in [9.17, 15) is 4.79 Å². The number of nitrogens with zero attached hydrogens (tertiary/aromatic N) is 5. The van der Waals surface area contributed by atoms with Gasteiger partial charge in [-0.25, -0.2) is 9.78 Å². The first-order valence-electron chi connectivity index (χ1n) is 8.47. The molecule has 1 saturated heterocycles. The van der Waals surface area contributed by atoms with Crippen molar-refractivity contribution in [3.63, 3.8) is 0 Å². The lowest BCUT2D eigenvalue weighted by Crippen LogP contribution is -2.49. The van der Waals surface area contributed by atoms with Crippen LogP contribution in [0, 0.1) is 0 Å². The Morgan fingerprint density at radius 3 is 2.56 bits per heavy atom. The molecule has 0 spiro atoms. The third-order valence-corrected chi connectivity index (χ3v) is 4.20. The van der Waals surface area contributed by atoms with E-state index in [2.05, 4.69) is 14.9 Å². The Hall–Kier alpha value is -2.83. The van der Waals surface area contributed by atoms with E-state index in [0.29, 0.717) is 38.7 Å². The Kier molecular flexibility index (Phi) is 5.33. The number of hydrogen-bond donors (Lipinski definition) is 0. The number of benzene rings is 1. The van der Waals surface area contributed by atoms with Gasteiger partial charge in [0.25, 0.3) is 0 Å². The van der Waals surface area contributed by atoms with Crippen LogP contribution < -0.4 is 9.80 Å². The molecule has 1 amide bonds. The lowest BCUT2D eigenvalue weighted by Gasteiger charge is -2.34. The van der Waals surface area contributed by atoms with Crippen molar-refractivity contribution in [3.05, 3.63) is 42.6 Å². The molecule has 1 aliphatic rings. The molecule has 0 atom stereocenters. The Morgan fingerprint density at radius 1 is 1.16 bits per heavy atom. The van der Waals surface area contributed by atoms with Crippen LogP contribution in [0.1, 0.15) is 6.92 Å². The van der Waals surface area contributed by atoms with Crippen molar-refractivity contribution in [1.29, 1.82) is 0 Å². The second kappa shape index (κ2) is 7.83. The number of carbonyl (C=O) groups is 1. The minimum Gasteiger partial charge on any atom is -0.450 e. The molecule has 1 aliphatic heterocycles. The number of piperazine rings is 1. The molecule has 1 aromatic heterocycles. The van der Waals surface area contributed by atoms with Crippen LogP contribution in [0.4, 0.5) is 22.2 Å². The average molecular weight is 341 g/mol. The van der Waals surface area contributed by atoms with Crippen LogP contribution in [0.15, 0.2) is 42.6 Å². The Labute approximate surface area is 147 Å². The van der Waals surface area contributed by atoms with Crippen LogP contribution in [-0.4, -0.2) is 60.8 Å². The maximum Gasteiger partial charge on any atom is 0.409 e. The lowest BCUT2D eigenvalue weighted by atomic mass is 10.3. The molecule has 2 heterocycles. The molecule has 0 aliphatic carbocycles. The molecule has 0 saturated carbocycles. The molecule has 0 bridgehead atoms. The normalized spacial score (nSPS) is 14.3. The van der Waals surface area contributed by atoms with Gasteiger partial charge in [-0.05, 0) is 25.1 Å². The first-order valence-corrected chi connectivity index (χ1v) is 8.47. The van der Waals surface area contributed by atoms with Crippen LogP contribution in [0.5, 0.6) is 0 Å². The van der Waals surface area contributed by atoms with E-state index in [1.807, 2.05) is 55.3 Å². The summed E-state index contributed by atoms with van der Waals surface area (Å²) >= 11 is 0. The van der Waals surface area contributed by atoms with E-state index in [1.165, 1.54) is 0 Å². The van der Waals surface area contributed by atoms with E-state index in [0.717, 1.165) is 11.5 Å². The van der Waals surface area contributed by atoms with Crippen molar-refractivity contribution in [3.8, 4) is 0 Å². The van der Waals surface area contributed by atoms with Gasteiger partial charge in [0.15, 0.2) is 0 Å². The molecule has 7 heteroatoms. The summed E-state index contributed by atoms with van der Waals surface area (Å²) in [5, 5.41) is 0. The van der Waals surface area contributed by atoms with Crippen molar-refractivity contribution in [2.24, 2.45) is 0 Å². The molecule has 1 fully saturated rings. The lowest BCUT2D eigenvalue weighted by molar-refractivity contribution is 0.105. The fraction of sp³-hybridized carbons (Fsp3) is 0.389. The number of rotatable bonds is 4. The summed E-state index contributed by atoms with van der Waals surface area (Å²) in [6.45, 7) is 4.82. The molecule has 2 aromatic rings. The quantitative estimate of drug-likeness (QED) is 0.852. The Bertz CT molecular complexity index is 702. The second-order valence-corrected chi connectivity index (χ2v) is 5.78. The van der Waals surface area contributed by atoms with Gasteiger partial charge in [0, 0.05) is 45.1 Å². The third kappa shape index (κ3) is 3.99. The monoisotopic (exact) mass is 341 g/mol. The second-order valence-electron chi connectivity index (χ2n) is 5.78. The van der Waals surface area contributed by atoms with Gasteiger partial charge >= 0.3 is 6.09 Å². The summed E-state index contributed by atoms with van der Waals surface area (Å²) in [4.78, 5) is 26.7. The maximum atomic E-state index is 11.8. The van der Waals surface area contributed by atoms with Crippen LogP contribution >= 0.6 is 0 Å².